The SMILES string of the molecule is CC(c1ccccc1)c1c(C(N)=O)cccc1-c1ccccc1. The van der Waals surface area contributed by atoms with E-state index >= 15 is 0 Å². The Morgan fingerprint density at radius 1 is 0.826 bits per heavy atom. The minimum atomic E-state index is -0.388. The molecule has 1 atom stereocenters. The van der Waals surface area contributed by atoms with E-state index in [4.69, 9.17) is 5.73 Å². The summed E-state index contributed by atoms with van der Waals surface area (Å²) in [5.74, 6) is -0.310. The molecule has 0 saturated heterocycles. The number of hydrogen-bond acceptors (Lipinski definition) is 1. The zero-order chi connectivity index (χ0) is 16.2. The van der Waals surface area contributed by atoms with Crippen LogP contribution in [-0.2, 0) is 0 Å². The van der Waals surface area contributed by atoms with E-state index in [2.05, 4.69) is 37.3 Å². The van der Waals surface area contributed by atoms with Gasteiger partial charge in [-0.2, -0.15) is 0 Å². The van der Waals surface area contributed by atoms with Crippen LogP contribution in [0.1, 0.15) is 34.3 Å². The van der Waals surface area contributed by atoms with Gasteiger partial charge in [0.05, 0.1) is 0 Å². The van der Waals surface area contributed by atoms with E-state index in [-0.39, 0.29) is 11.8 Å². The summed E-state index contributed by atoms with van der Waals surface area (Å²) in [4.78, 5) is 12.0. The third-order valence-electron chi connectivity index (χ3n) is 4.19. The van der Waals surface area contributed by atoms with Gasteiger partial charge in [-0.05, 0) is 28.3 Å². The summed E-state index contributed by atoms with van der Waals surface area (Å²) in [5.41, 5.74) is 10.5. The summed E-state index contributed by atoms with van der Waals surface area (Å²) in [5, 5.41) is 0. The van der Waals surface area contributed by atoms with E-state index in [0.29, 0.717) is 5.56 Å². The first kappa shape index (κ1) is 15.0. The molecule has 114 valence electrons. The molecule has 0 aliphatic rings. The fourth-order valence-electron chi connectivity index (χ4n) is 3.02. The van der Waals surface area contributed by atoms with Crippen molar-refractivity contribution in [3.05, 3.63) is 95.6 Å². The maximum atomic E-state index is 12.0. The number of rotatable bonds is 4. The Morgan fingerprint density at radius 3 is 2.04 bits per heavy atom. The second-order valence-electron chi connectivity index (χ2n) is 5.63. The largest absolute Gasteiger partial charge is 0.366 e. The summed E-state index contributed by atoms with van der Waals surface area (Å²) in [6.45, 7) is 2.11. The number of benzene rings is 3. The van der Waals surface area contributed by atoms with Gasteiger partial charge < -0.3 is 5.73 Å². The van der Waals surface area contributed by atoms with Crippen LogP contribution in [0.15, 0.2) is 78.9 Å². The Hall–Kier alpha value is -2.87. The van der Waals surface area contributed by atoms with Gasteiger partial charge in [0.25, 0.3) is 0 Å². The zero-order valence-corrected chi connectivity index (χ0v) is 13.1. The molecule has 2 N–H and O–H groups in total. The first-order chi connectivity index (χ1) is 11.2. The van der Waals surface area contributed by atoms with Crippen molar-refractivity contribution >= 4 is 5.91 Å². The van der Waals surface area contributed by atoms with E-state index in [1.54, 1.807) is 0 Å². The topological polar surface area (TPSA) is 43.1 Å². The van der Waals surface area contributed by atoms with Crippen molar-refractivity contribution in [3.8, 4) is 11.1 Å². The molecule has 0 aliphatic heterocycles. The molecule has 0 radical (unpaired) electrons. The molecular weight excluding hydrogens is 282 g/mol. The average Bonchev–Trinajstić information content (AvgIpc) is 2.62. The van der Waals surface area contributed by atoms with Crippen molar-refractivity contribution in [1.82, 2.24) is 0 Å². The lowest BCUT2D eigenvalue weighted by molar-refractivity contribution is 0.0999. The molecule has 2 heteroatoms. The molecule has 0 aromatic heterocycles. The van der Waals surface area contributed by atoms with Gasteiger partial charge in [-0.15, -0.1) is 0 Å². The number of amides is 1. The zero-order valence-electron chi connectivity index (χ0n) is 13.1. The van der Waals surface area contributed by atoms with Gasteiger partial charge in [-0.3, -0.25) is 4.79 Å². The quantitative estimate of drug-likeness (QED) is 0.751. The first-order valence-electron chi connectivity index (χ1n) is 7.71. The minimum Gasteiger partial charge on any atom is -0.366 e. The molecule has 0 fully saturated rings. The van der Waals surface area contributed by atoms with Gasteiger partial charge in [-0.1, -0.05) is 79.7 Å². The van der Waals surface area contributed by atoms with E-state index in [0.717, 1.165) is 16.7 Å². The lowest BCUT2D eigenvalue weighted by Crippen LogP contribution is -2.16. The fraction of sp³-hybridized carbons (Fsp3) is 0.0952. The lowest BCUT2D eigenvalue weighted by atomic mass is 9.84. The molecule has 0 heterocycles. The van der Waals surface area contributed by atoms with E-state index in [9.17, 15) is 4.79 Å². The average molecular weight is 301 g/mol. The van der Waals surface area contributed by atoms with Crippen molar-refractivity contribution in [2.75, 3.05) is 0 Å². The molecule has 0 aliphatic carbocycles. The van der Waals surface area contributed by atoms with Gasteiger partial charge in [-0.25, -0.2) is 0 Å². The number of primary amides is 1. The summed E-state index contributed by atoms with van der Waals surface area (Å²) in [7, 11) is 0. The van der Waals surface area contributed by atoms with Gasteiger partial charge >= 0.3 is 0 Å². The highest BCUT2D eigenvalue weighted by Gasteiger charge is 2.20. The van der Waals surface area contributed by atoms with Crippen LogP contribution < -0.4 is 5.73 Å². The highest BCUT2D eigenvalue weighted by molar-refractivity contribution is 5.97. The van der Waals surface area contributed by atoms with Crippen LogP contribution in [-0.4, -0.2) is 5.91 Å². The van der Waals surface area contributed by atoms with Crippen molar-refractivity contribution < 1.29 is 4.79 Å². The van der Waals surface area contributed by atoms with Crippen molar-refractivity contribution in [2.24, 2.45) is 5.73 Å². The predicted octanol–water partition coefficient (Wildman–Crippen LogP) is 4.60. The summed E-state index contributed by atoms with van der Waals surface area (Å²) >= 11 is 0. The van der Waals surface area contributed by atoms with E-state index in [1.807, 2.05) is 48.5 Å². The van der Waals surface area contributed by atoms with Crippen molar-refractivity contribution in [3.63, 3.8) is 0 Å². The second kappa shape index (κ2) is 6.49. The van der Waals surface area contributed by atoms with Gasteiger partial charge in [0.2, 0.25) is 5.91 Å². The molecule has 3 aromatic carbocycles. The summed E-state index contributed by atoms with van der Waals surface area (Å²) < 4.78 is 0. The van der Waals surface area contributed by atoms with Crippen LogP contribution in [0.25, 0.3) is 11.1 Å². The molecule has 1 amide bonds. The molecule has 1 unspecified atom stereocenters. The highest BCUT2D eigenvalue weighted by atomic mass is 16.1. The maximum Gasteiger partial charge on any atom is 0.249 e. The third kappa shape index (κ3) is 3.02. The molecular formula is C21H19NO. The Kier molecular flexibility index (Phi) is 4.24. The second-order valence-corrected chi connectivity index (χ2v) is 5.63. The van der Waals surface area contributed by atoms with Crippen LogP contribution in [0.2, 0.25) is 0 Å². The Bertz CT molecular complexity index is 810. The van der Waals surface area contributed by atoms with Gasteiger partial charge in [0, 0.05) is 11.5 Å². The third-order valence-corrected chi connectivity index (χ3v) is 4.19. The minimum absolute atomic E-state index is 0.0788. The van der Waals surface area contributed by atoms with Crippen molar-refractivity contribution in [1.29, 1.82) is 0 Å². The number of nitrogens with two attached hydrogens (primary N) is 1. The first-order valence-corrected chi connectivity index (χ1v) is 7.71. The smallest absolute Gasteiger partial charge is 0.249 e. The van der Waals surface area contributed by atoms with Crippen LogP contribution >= 0.6 is 0 Å². The van der Waals surface area contributed by atoms with Crippen LogP contribution in [0.5, 0.6) is 0 Å². The molecule has 0 saturated carbocycles. The predicted molar refractivity (Wildman–Crippen MR) is 94.4 cm³/mol. The normalized spacial score (nSPS) is 11.9. The molecule has 0 bridgehead atoms. The molecule has 0 spiro atoms. The number of hydrogen-bond donors (Lipinski definition) is 1. The van der Waals surface area contributed by atoms with E-state index < -0.39 is 0 Å². The Labute approximate surface area is 136 Å². The van der Waals surface area contributed by atoms with Crippen LogP contribution in [0.4, 0.5) is 0 Å². The number of carbonyl (C=O) groups is 1. The Morgan fingerprint density at radius 2 is 1.43 bits per heavy atom. The monoisotopic (exact) mass is 301 g/mol. The highest BCUT2D eigenvalue weighted by Crippen LogP contribution is 2.35. The maximum absolute atomic E-state index is 12.0. The lowest BCUT2D eigenvalue weighted by Gasteiger charge is -2.20. The molecule has 23 heavy (non-hydrogen) atoms. The van der Waals surface area contributed by atoms with Crippen LogP contribution in [0, 0.1) is 0 Å². The van der Waals surface area contributed by atoms with Gasteiger partial charge in [0.15, 0.2) is 0 Å². The van der Waals surface area contributed by atoms with Crippen molar-refractivity contribution in [2.45, 2.75) is 12.8 Å². The van der Waals surface area contributed by atoms with Crippen LogP contribution in [0.3, 0.4) is 0 Å². The van der Waals surface area contributed by atoms with Gasteiger partial charge in [0.1, 0.15) is 0 Å². The van der Waals surface area contributed by atoms with E-state index in [1.165, 1.54) is 5.56 Å². The summed E-state index contributed by atoms with van der Waals surface area (Å²) in [6.07, 6.45) is 0. The summed E-state index contributed by atoms with van der Waals surface area (Å²) in [6, 6.07) is 26.0. The molecule has 3 aromatic rings. The molecule has 2 nitrogen and oxygen atoms in total. The number of carbonyl (C=O) groups excluding carboxylic acids is 1. The Balaban J connectivity index is 2.22. The molecule has 3 rings (SSSR count). The fourth-order valence-corrected chi connectivity index (χ4v) is 3.02. The standard InChI is InChI=1S/C21H19NO/c1-15(16-9-4-2-5-10-16)20-18(17-11-6-3-7-12-17)13-8-14-19(20)21(22)23/h2-15H,1H3,(H2,22,23).